The lowest BCUT2D eigenvalue weighted by Crippen LogP contribution is -2.31. The Balaban J connectivity index is 2.20. The molecule has 0 spiro atoms. The second kappa shape index (κ2) is 5.50. The van der Waals surface area contributed by atoms with Crippen LogP contribution in [-0.4, -0.2) is 30.1 Å². The quantitative estimate of drug-likeness (QED) is 0.804. The van der Waals surface area contributed by atoms with Crippen molar-refractivity contribution in [3.05, 3.63) is 46.8 Å². The maximum Gasteiger partial charge on any atom is 0.357 e. The maximum absolute atomic E-state index is 12.0. The van der Waals surface area contributed by atoms with Crippen molar-refractivity contribution in [2.75, 3.05) is 19.4 Å². The van der Waals surface area contributed by atoms with Crippen molar-refractivity contribution in [2.45, 2.75) is 6.42 Å². The van der Waals surface area contributed by atoms with Gasteiger partial charge in [-0.25, -0.2) is 4.79 Å². The molecular weight excluding hydrogens is 296 g/mol. The standard InChI is InChI=1S/C16H14N4O3/c1-23-16(22)14-13(18)10(7-17)8-20(14)11-3-2-9-4-5-19-15(21)12(9)6-11/h2-3,6,8H,4-5,18H2,1H3,(H,19,21). The highest BCUT2D eigenvalue weighted by atomic mass is 16.5. The molecule has 1 aromatic carbocycles. The third kappa shape index (κ3) is 2.30. The number of methoxy groups -OCH3 is 1. The van der Waals surface area contributed by atoms with Gasteiger partial charge >= 0.3 is 5.97 Å². The number of carbonyl (C=O) groups is 2. The van der Waals surface area contributed by atoms with E-state index < -0.39 is 5.97 Å². The Labute approximate surface area is 132 Å². The Morgan fingerprint density at radius 2 is 2.26 bits per heavy atom. The zero-order valence-corrected chi connectivity index (χ0v) is 12.4. The molecule has 116 valence electrons. The van der Waals surface area contributed by atoms with E-state index in [-0.39, 0.29) is 22.9 Å². The lowest BCUT2D eigenvalue weighted by Gasteiger charge is -2.18. The monoisotopic (exact) mass is 310 g/mol. The Bertz CT molecular complexity index is 861. The first-order valence-electron chi connectivity index (χ1n) is 6.97. The van der Waals surface area contributed by atoms with Gasteiger partial charge in [-0.3, -0.25) is 4.79 Å². The summed E-state index contributed by atoms with van der Waals surface area (Å²) < 4.78 is 6.22. The highest BCUT2D eigenvalue weighted by Gasteiger charge is 2.23. The average Bonchev–Trinajstić information content (AvgIpc) is 2.91. The SMILES string of the molecule is COC(=O)c1c(N)c(C#N)cn1-c1ccc2c(c1)C(=O)NCC2. The Morgan fingerprint density at radius 1 is 1.48 bits per heavy atom. The minimum atomic E-state index is -0.647. The first-order valence-corrected chi connectivity index (χ1v) is 6.97. The summed E-state index contributed by atoms with van der Waals surface area (Å²) in [5.74, 6) is -0.806. The molecule has 1 aliphatic heterocycles. The number of benzene rings is 1. The van der Waals surface area contributed by atoms with E-state index in [0.717, 1.165) is 12.0 Å². The summed E-state index contributed by atoms with van der Waals surface area (Å²) in [4.78, 5) is 24.0. The molecule has 7 nitrogen and oxygen atoms in total. The molecule has 1 aliphatic rings. The molecule has 0 radical (unpaired) electrons. The van der Waals surface area contributed by atoms with Crippen LogP contribution in [0.1, 0.15) is 32.0 Å². The lowest BCUT2D eigenvalue weighted by molar-refractivity contribution is 0.0593. The highest BCUT2D eigenvalue weighted by molar-refractivity contribution is 5.98. The van der Waals surface area contributed by atoms with Crippen LogP contribution >= 0.6 is 0 Å². The summed E-state index contributed by atoms with van der Waals surface area (Å²) in [5, 5.41) is 11.9. The predicted molar refractivity (Wildman–Crippen MR) is 82.3 cm³/mol. The van der Waals surface area contributed by atoms with Gasteiger partial charge in [0.25, 0.3) is 5.91 Å². The first kappa shape index (κ1) is 14.7. The first-order chi connectivity index (χ1) is 11.1. The molecule has 0 atom stereocenters. The van der Waals surface area contributed by atoms with Gasteiger partial charge in [-0.05, 0) is 24.1 Å². The van der Waals surface area contributed by atoms with Crippen LogP contribution in [0.4, 0.5) is 5.69 Å². The number of carbonyl (C=O) groups excluding carboxylic acids is 2. The number of rotatable bonds is 2. The molecule has 0 saturated carbocycles. The number of fused-ring (bicyclic) bond motifs is 1. The Kier molecular flexibility index (Phi) is 3.50. The molecule has 2 aromatic rings. The summed E-state index contributed by atoms with van der Waals surface area (Å²) in [5.41, 5.74) is 8.23. The smallest absolute Gasteiger partial charge is 0.357 e. The largest absolute Gasteiger partial charge is 0.464 e. The van der Waals surface area contributed by atoms with E-state index >= 15 is 0 Å². The zero-order valence-electron chi connectivity index (χ0n) is 12.4. The molecule has 1 amide bonds. The molecule has 7 heteroatoms. The zero-order chi connectivity index (χ0) is 16.6. The summed E-state index contributed by atoms with van der Waals surface area (Å²) in [7, 11) is 1.24. The van der Waals surface area contributed by atoms with E-state index in [2.05, 4.69) is 5.32 Å². The molecule has 1 aromatic heterocycles. The van der Waals surface area contributed by atoms with E-state index in [9.17, 15) is 9.59 Å². The lowest BCUT2D eigenvalue weighted by atomic mass is 10.00. The van der Waals surface area contributed by atoms with Gasteiger partial charge in [-0.1, -0.05) is 6.07 Å². The number of nitrogen functional groups attached to an aromatic ring is 1. The van der Waals surface area contributed by atoms with Crippen LogP contribution in [0.5, 0.6) is 0 Å². The van der Waals surface area contributed by atoms with Crippen LogP contribution in [0, 0.1) is 11.3 Å². The van der Waals surface area contributed by atoms with Crippen molar-refractivity contribution >= 4 is 17.6 Å². The summed E-state index contributed by atoms with van der Waals surface area (Å²) >= 11 is 0. The normalized spacial score (nSPS) is 13.0. The molecular formula is C16H14N4O3. The predicted octanol–water partition coefficient (Wildman–Crippen LogP) is 1.00. The van der Waals surface area contributed by atoms with Gasteiger partial charge in [0.1, 0.15) is 6.07 Å². The number of anilines is 1. The molecule has 0 bridgehead atoms. The van der Waals surface area contributed by atoms with Crippen LogP contribution < -0.4 is 11.1 Å². The van der Waals surface area contributed by atoms with E-state index in [1.54, 1.807) is 12.1 Å². The number of hydrogen-bond acceptors (Lipinski definition) is 5. The fraction of sp³-hybridized carbons (Fsp3) is 0.188. The summed E-state index contributed by atoms with van der Waals surface area (Å²) in [6.07, 6.45) is 2.21. The highest BCUT2D eigenvalue weighted by Crippen LogP contribution is 2.26. The van der Waals surface area contributed by atoms with Gasteiger partial charge in [0.15, 0.2) is 5.69 Å². The Morgan fingerprint density at radius 3 is 2.96 bits per heavy atom. The van der Waals surface area contributed by atoms with Crippen LogP contribution in [0.3, 0.4) is 0 Å². The van der Waals surface area contributed by atoms with Gasteiger partial charge in [0, 0.05) is 24.0 Å². The van der Waals surface area contributed by atoms with E-state index in [1.807, 2.05) is 12.1 Å². The van der Waals surface area contributed by atoms with Gasteiger partial charge in [-0.15, -0.1) is 0 Å². The second-order valence-electron chi connectivity index (χ2n) is 5.13. The van der Waals surface area contributed by atoms with Crippen LogP contribution in [-0.2, 0) is 11.2 Å². The molecule has 2 heterocycles. The van der Waals surface area contributed by atoms with Crippen LogP contribution in [0.2, 0.25) is 0 Å². The molecule has 0 unspecified atom stereocenters. The van der Waals surface area contributed by atoms with Crippen molar-refractivity contribution < 1.29 is 14.3 Å². The van der Waals surface area contributed by atoms with E-state index in [1.165, 1.54) is 17.9 Å². The molecule has 23 heavy (non-hydrogen) atoms. The molecule has 3 N–H and O–H groups in total. The third-order valence-electron chi connectivity index (χ3n) is 3.84. The number of hydrogen-bond donors (Lipinski definition) is 2. The van der Waals surface area contributed by atoms with Crippen molar-refractivity contribution in [2.24, 2.45) is 0 Å². The fourth-order valence-electron chi connectivity index (χ4n) is 2.67. The number of nitrogens with one attached hydrogen (secondary N) is 1. The van der Waals surface area contributed by atoms with Gasteiger partial charge in [0.2, 0.25) is 0 Å². The summed E-state index contributed by atoms with van der Waals surface area (Å²) in [6, 6.07) is 7.24. The maximum atomic E-state index is 12.0. The minimum absolute atomic E-state index is 0.0570. The fourth-order valence-corrected chi connectivity index (χ4v) is 2.67. The van der Waals surface area contributed by atoms with Crippen molar-refractivity contribution in [3.63, 3.8) is 0 Å². The second-order valence-corrected chi connectivity index (χ2v) is 5.13. The molecule has 0 aliphatic carbocycles. The van der Waals surface area contributed by atoms with Crippen LogP contribution in [0.15, 0.2) is 24.4 Å². The number of nitrogens with two attached hydrogens (primary N) is 1. The third-order valence-corrected chi connectivity index (χ3v) is 3.84. The van der Waals surface area contributed by atoms with Crippen molar-refractivity contribution in [1.29, 1.82) is 5.26 Å². The number of ether oxygens (including phenoxy) is 1. The van der Waals surface area contributed by atoms with Crippen molar-refractivity contribution in [3.8, 4) is 11.8 Å². The Hall–Kier alpha value is -3.27. The number of amides is 1. The number of esters is 1. The topological polar surface area (TPSA) is 110 Å². The van der Waals surface area contributed by atoms with Crippen molar-refractivity contribution in [1.82, 2.24) is 9.88 Å². The average molecular weight is 310 g/mol. The van der Waals surface area contributed by atoms with E-state index in [4.69, 9.17) is 15.7 Å². The minimum Gasteiger partial charge on any atom is -0.464 e. The number of nitriles is 1. The van der Waals surface area contributed by atoms with Gasteiger partial charge < -0.3 is 20.4 Å². The molecule has 3 rings (SSSR count). The molecule has 0 saturated heterocycles. The van der Waals surface area contributed by atoms with Gasteiger partial charge in [-0.2, -0.15) is 5.26 Å². The summed E-state index contributed by atoms with van der Waals surface area (Å²) in [6.45, 7) is 0.605. The number of nitrogens with zero attached hydrogens (tertiary/aromatic N) is 2. The van der Waals surface area contributed by atoms with Gasteiger partial charge in [0.05, 0.1) is 18.4 Å². The van der Waals surface area contributed by atoms with Crippen LogP contribution in [0.25, 0.3) is 5.69 Å². The van der Waals surface area contributed by atoms with E-state index in [0.29, 0.717) is 17.8 Å². The molecule has 0 fully saturated rings. The number of aromatic nitrogens is 1.